The minimum absolute atomic E-state index is 0.307. The summed E-state index contributed by atoms with van der Waals surface area (Å²) in [6, 6.07) is 11.6. The molecule has 1 aromatic heterocycles. The van der Waals surface area contributed by atoms with Gasteiger partial charge in [-0.3, -0.25) is 4.98 Å². The molecule has 0 fully saturated rings. The molecule has 0 aliphatic carbocycles. The molecule has 0 N–H and O–H groups in total. The van der Waals surface area contributed by atoms with Crippen LogP contribution < -0.4 is 9.47 Å². The van der Waals surface area contributed by atoms with Crippen molar-refractivity contribution in [3.05, 3.63) is 54.4 Å². The molecule has 1 aromatic carbocycles. The second-order valence-corrected chi connectivity index (χ2v) is 4.48. The molecule has 0 unspecified atom stereocenters. The number of rotatable bonds is 6. The third-order valence-corrected chi connectivity index (χ3v) is 2.72. The summed E-state index contributed by atoms with van der Waals surface area (Å²) in [6.45, 7) is 1.18. The van der Waals surface area contributed by atoms with Crippen molar-refractivity contribution in [1.82, 2.24) is 4.98 Å². The maximum Gasteiger partial charge on any atom is 0.138 e. The molecule has 1 heterocycles. The van der Waals surface area contributed by atoms with Crippen LogP contribution in [0, 0.1) is 11.8 Å². The smallest absolute Gasteiger partial charge is 0.138 e. The predicted molar refractivity (Wildman–Crippen MR) is 83.9 cm³/mol. The summed E-state index contributed by atoms with van der Waals surface area (Å²) in [5.74, 6) is 7.58. The highest BCUT2D eigenvalue weighted by Crippen LogP contribution is 2.11. The van der Waals surface area contributed by atoms with Crippen molar-refractivity contribution < 1.29 is 9.47 Å². The summed E-state index contributed by atoms with van der Waals surface area (Å²) < 4.78 is 11.2. The minimum Gasteiger partial charge on any atom is -0.493 e. The van der Waals surface area contributed by atoms with Crippen LogP contribution >= 0.6 is 11.6 Å². The third kappa shape index (κ3) is 5.76. The molecule has 0 atom stereocenters. The molecule has 4 heteroatoms. The monoisotopic (exact) mass is 301 g/mol. The molecule has 108 valence electrons. The topological polar surface area (TPSA) is 31.4 Å². The zero-order valence-corrected chi connectivity index (χ0v) is 12.3. The standard InChI is InChI=1S/C17H16ClNO2/c18-9-4-6-15-12-17(14-19-13-15)21-11-5-10-20-16-7-2-1-3-8-16/h1-3,7-8,12-14H,5,9-11H2. The van der Waals surface area contributed by atoms with Crippen molar-refractivity contribution >= 4 is 11.6 Å². The first-order valence-corrected chi connectivity index (χ1v) is 7.22. The summed E-state index contributed by atoms with van der Waals surface area (Å²) in [5.41, 5.74) is 0.800. The van der Waals surface area contributed by atoms with E-state index in [2.05, 4.69) is 16.8 Å². The lowest BCUT2D eigenvalue weighted by Crippen LogP contribution is -2.05. The van der Waals surface area contributed by atoms with Gasteiger partial charge in [0.2, 0.25) is 0 Å². The van der Waals surface area contributed by atoms with Gasteiger partial charge >= 0.3 is 0 Å². The molecule has 2 rings (SSSR count). The summed E-state index contributed by atoms with van der Waals surface area (Å²) in [4.78, 5) is 4.08. The Morgan fingerprint density at radius 1 is 1.00 bits per heavy atom. The molecular weight excluding hydrogens is 286 g/mol. The molecule has 0 radical (unpaired) electrons. The van der Waals surface area contributed by atoms with E-state index < -0.39 is 0 Å². The molecule has 0 spiro atoms. The number of benzene rings is 1. The predicted octanol–water partition coefficient (Wildman–Crippen LogP) is 3.52. The number of para-hydroxylation sites is 1. The maximum absolute atomic E-state index is 5.62. The Kier molecular flexibility index (Phi) is 6.44. The number of pyridine rings is 1. The first kappa shape index (κ1) is 15.2. The first-order chi connectivity index (χ1) is 10.4. The zero-order chi connectivity index (χ0) is 14.8. The van der Waals surface area contributed by atoms with Gasteiger partial charge in [0.05, 0.1) is 25.3 Å². The van der Waals surface area contributed by atoms with Gasteiger partial charge in [0, 0.05) is 18.2 Å². The van der Waals surface area contributed by atoms with Crippen molar-refractivity contribution in [2.75, 3.05) is 19.1 Å². The number of hydrogen-bond donors (Lipinski definition) is 0. The van der Waals surface area contributed by atoms with Crippen molar-refractivity contribution in [3.8, 4) is 23.3 Å². The molecule has 0 saturated heterocycles. The van der Waals surface area contributed by atoms with E-state index in [-0.39, 0.29) is 0 Å². The number of ether oxygens (including phenoxy) is 2. The average Bonchev–Trinajstić information content (AvgIpc) is 2.54. The lowest BCUT2D eigenvalue weighted by Gasteiger charge is -2.07. The van der Waals surface area contributed by atoms with E-state index in [0.29, 0.717) is 24.8 Å². The van der Waals surface area contributed by atoms with Crippen molar-refractivity contribution in [2.45, 2.75) is 6.42 Å². The van der Waals surface area contributed by atoms with Crippen LogP contribution in [0.4, 0.5) is 0 Å². The number of aromatic nitrogens is 1. The van der Waals surface area contributed by atoms with E-state index >= 15 is 0 Å². The number of hydrogen-bond acceptors (Lipinski definition) is 3. The van der Waals surface area contributed by atoms with Gasteiger partial charge in [-0.1, -0.05) is 30.0 Å². The molecule has 2 aromatic rings. The normalized spacial score (nSPS) is 9.57. The highest BCUT2D eigenvalue weighted by atomic mass is 35.5. The Bertz CT molecular complexity index is 605. The fourth-order valence-corrected chi connectivity index (χ4v) is 1.72. The molecule has 0 aliphatic rings. The summed E-state index contributed by atoms with van der Waals surface area (Å²) in [5, 5.41) is 0. The van der Waals surface area contributed by atoms with Crippen LogP contribution in [-0.2, 0) is 0 Å². The van der Waals surface area contributed by atoms with Crippen LogP contribution in [0.3, 0.4) is 0 Å². The van der Waals surface area contributed by atoms with Gasteiger partial charge in [0.25, 0.3) is 0 Å². The van der Waals surface area contributed by atoms with Crippen LogP contribution in [-0.4, -0.2) is 24.1 Å². The van der Waals surface area contributed by atoms with E-state index in [1.807, 2.05) is 36.4 Å². The summed E-state index contributed by atoms with van der Waals surface area (Å²) in [7, 11) is 0. The van der Waals surface area contributed by atoms with Gasteiger partial charge in [-0.2, -0.15) is 0 Å². The fraction of sp³-hybridized carbons (Fsp3) is 0.235. The lowest BCUT2D eigenvalue weighted by atomic mass is 10.3. The van der Waals surface area contributed by atoms with Crippen LogP contribution in [0.25, 0.3) is 0 Å². The van der Waals surface area contributed by atoms with E-state index in [0.717, 1.165) is 17.7 Å². The minimum atomic E-state index is 0.307. The first-order valence-electron chi connectivity index (χ1n) is 6.69. The number of nitrogens with zero attached hydrogens (tertiary/aromatic N) is 1. The molecule has 0 saturated carbocycles. The van der Waals surface area contributed by atoms with Crippen molar-refractivity contribution in [2.24, 2.45) is 0 Å². The maximum atomic E-state index is 5.62. The van der Waals surface area contributed by atoms with Crippen molar-refractivity contribution in [1.29, 1.82) is 0 Å². The van der Waals surface area contributed by atoms with Gasteiger partial charge in [-0.05, 0) is 18.2 Å². The largest absolute Gasteiger partial charge is 0.493 e. The molecule has 21 heavy (non-hydrogen) atoms. The fourth-order valence-electron chi connectivity index (χ4n) is 1.66. The van der Waals surface area contributed by atoms with Gasteiger partial charge in [-0.25, -0.2) is 0 Å². The van der Waals surface area contributed by atoms with E-state index in [1.165, 1.54) is 0 Å². The Balaban J connectivity index is 1.71. The summed E-state index contributed by atoms with van der Waals surface area (Å²) >= 11 is 5.52. The van der Waals surface area contributed by atoms with Crippen LogP contribution in [0.2, 0.25) is 0 Å². The summed E-state index contributed by atoms with van der Waals surface area (Å²) in [6.07, 6.45) is 4.15. The highest BCUT2D eigenvalue weighted by molar-refractivity contribution is 6.19. The quantitative estimate of drug-likeness (QED) is 0.465. The van der Waals surface area contributed by atoms with Gasteiger partial charge < -0.3 is 9.47 Å². The third-order valence-electron chi connectivity index (χ3n) is 2.58. The number of alkyl halides is 1. The van der Waals surface area contributed by atoms with Crippen molar-refractivity contribution in [3.63, 3.8) is 0 Å². The molecule has 0 amide bonds. The van der Waals surface area contributed by atoms with Gasteiger partial charge in [-0.15, -0.1) is 11.6 Å². The second kappa shape index (κ2) is 8.89. The molecule has 0 aliphatic heterocycles. The highest BCUT2D eigenvalue weighted by Gasteiger charge is 1.97. The number of halogens is 1. The molecular formula is C17H16ClNO2. The SMILES string of the molecule is ClCC#Cc1cncc(OCCCOc2ccccc2)c1. The molecule has 3 nitrogen and oxygen atoms in total. The van der Waals surface area contributed by atoms with E-state index in [9.17, 15) is 0 Å². The van der Waals surface area contributed by atoms with Crippen LogP contribution in [0.5, 0.6) is 11.5 Å². The Morgan fingerprint density at radius 3 is 2.52 bits per heavy atom. The van der Waals surface area contributed by atoms with E-state index in [4.69, 9.17) is 21.1 Å². The Morgan fingerprint density at radius 2 is 1.76 bits per heavy atom. The second-order valence-electron chi connectivity index (χ2n) is 4.21. The van der Waals surface area contributed by atoms with E-state index in [1.54, 1.807) is 12.4 Å². The van der Waals surface area contributed by atoms with Crippen LogP contribution in [0.15, 0.2) is 48.8 Å². The van der Waals surface area contributed by atoms with Crippen LogP contribution in [0.1, 0.15) is 12.0 Å². The zero-order valence-electron chi connectivity index (χ0n) is 11.6. The average molecular weight is 302 g/mol. The van der Waals surface area contributed by atoms with Gasteiger partial charge in [0.1, 0.15) is 11.5 Å². The Labute approximate surface area is 129 Å². The Hall–Kier alpha value is -2.18. The molecule has 0 bridgehead atoms. The van der Waals surface area contributed by atoms with Gasteiger partial charge in [0.15, 0.2) is 0 Å². The lowest BCUT2D eigenvalue weighted by molar-refractivity contribution is 0.247.